The fourth-order valence-corrected chi connectivity index (χ4v) is 3.82. The molecule has 3 rings (SSSR count). The minimum absolute atomic E-state index is 0.0288. The molecule has 1 aromatic rings. The summed E-state index contributed by atoms with van der Waals surface area (Å²) >= 11 is 5.99. The molecule has 24 heavy (non-hydrogen) atoms. The Kier molecular flexibility index (Phi) is 6.11. The molecule has 0 aliphatic carbocycles. The summed E-state index contributed by atoms with van der Waals surface area (Å²) in [4.78, 5) is 14.5. The Balaban J connectivity index is 1.72. The standard InChI is InChI=1S/C18H26ClN3O2/c1-20-18(23)17-11-22(15-6-8-21-9-7-15)16(12-24-17)10-13-2-4-14(19)5-3-13/h2-5,15-17,21H,6-12H2,1H3,(H,20,23)/t16-,17+/m0/s1. The highest BCUT2D eigenvalue weighted by Crippen LogP contribution is 2.24. The van der Waals surface area contributed by atoms with Gasteiger partial charge >= 0.3 is 0 Å². The number of morpholine rings is 1. The monoisotopic (exact) mass is 351 g/mol. The summed E-state index contributed by atoms with van der Waals surface area (Å²) in [7, 11) is 1.67. The minimum Gasteiger partial charge on any atom is -0.365 e. The van der Waals surface area contributed by atoms with E-state index in [0.29, 0.717) is 25.2 Å². The molecule has 0 aromatic heterocycles. The van der Waals surface area contributed by atoms with E-state index in [0.717, 1.165) is 37.4 Å². The molecule has 2 saturated heterocycles. The second-order valence-corrected chi connectivity index (χ2v) is 7.04. The van der Waals surface area contributed by atoms with Crippen molar-refractivity contribution in [1.82, 2.24) is 15.5 Å². The van der Waals surface area contributed by atoms with Gasteiger partial charge < -0.3 is 15.4 Å². The predicted octanol–water partition coefficient (Wildman–Crippen LogP) is 1.45. The Hall–Kier alpha value is -1.14. The highest BCUT2D eigenvalue weighted by atomic mass is 35.5. The van der Waals surface area contributed by atoms with Crippen molar-refractivity contribution in [3.63, 3.8) is 0 Å². The van der Waals surface area contributed by atoms with E-state index in [-0.39, 0.29) is 12.0 Å². The van der Waals surface area contributed by atoms with Crippen LogP contribution in [0.4, 0.5) is 0 Å². The highest BCUT2D eigenvalue weighted by Gasteiger charge is 2.36. The summed E-state index contributed by atoms with van der Waals surface area (Å²) in [6.45, 7) is 3.34. The average molecular weight is 352 g/mol. The van der Waals surface area contributed by atoms with E-state index in [1.807, 2.05) is 12.1 Å². The molecule has 2 aliphatic heterocycles. The van der Waals surface area contributed by atoms with Gasteiger partial charge in [-0.05, 0) is 50.0 Å². The number of amides is 1. The molecule has 6 heteroatoms. The molecule has 2 atom stereocenters. The SMILES string of the molecule is CNC(=O)[C@H]1CN(C2CCNCC2)[C@@H](Cc2ccc(Cl)cc2)CO1. The Labute approximate surface area is 148 Å². The third-order valence-electron chi connectivity index (χ3n) is 5.04. The van der Waals surface area contributed by atoms with Gasteiger partial charge in [-0.15, -0.1) is 0 Å². The number of piperidine rings is 1. The van der Waals surface area contributed by atoms with Crippen LogP contribution < -0.4 is 10.6 Å². The zero-order valence-corrected chi connectivity index (χ0v) is 14.9. The van der Waals surface area contributed by atoms with Gasteiger partial charge in [0.1, 0.15) is 6.10 Å². The lowest BCUT2D eigenvalue weighted by Gasteiger charge is -2.45. The number of rotatable bonds is 4. The molecule has 0 radical (unpaired) electrons. The Morgan fingerprint density at radius 3 is 2.71 bits per heavy atom. The smallest absolute Gasteiger partial charge is 0.250 e. The molecule has 5 nitrogen and oxygen atoms in total. The van der Waals surface area contributed by atoms with Crippen LogP contribution in [-0.4, -0.2) is 62.3 Å². The first-order valence-corrected chi connectivity index (χ1v) is 9.09. The third kappa shape index (κ3) is 4.28. The van der Waals surface area contributed by atoms with E-state index < -0.39 is 0 Å². The number of nitrogens with one attached hydrogen (secondary N) is 2. The van der Waals surface area contributed by atoms with Crippen LogP contribution in [0.15, 0.2) is 24.3 Å². The van der Waals surface area contributed by atoms with E-state index in [9.17, 15) is 4.79 Å². The molecule has 132 valence electrons. The zero-order chi connectivity index (χ0) is 16.9. The number of likely N-dealkylation sites (N-methyl/N-ethyl adjacent to an activating group) is 1. The Morgan fingerprint density at radius 2 is 2.04 bits per heavy atom. The maximum absolute atomic E-state index is 12.0. The zero-order valence-electron chi connectivity index (χ0n) is 14.1. The molecule has 0 unspecified atom stereocenters. The van der Waals surface area contributed by atoms with Gasteiger partial charge in [0.25, 0.3) is 0 Å². The third-order valence-corrected chi connectivity index (χ3v) is 5.29. The number of halogens is 1. The second kappa shape index (κ2) is 8.30. The number of hydrogen-bond donors (Lipinski definition) is 2. The highest BCUT2D eigenvalue weighted by molar-refractivity contribution is 6.30. The van der Waals surface area contributed by atoms with E-state index in [1.165, 1.54) is 5.56 Å². The summed E-state index contributed by atoms with van der Waals surface area (Å²) in [5.41, 5.74) is 1.25. The van der Waals surface area contributed by atoms with Crippen LogP contribution in [0, 0.1) is 0 Å². The lowest BCUT2D eigenvalue weighted by Crippen LogP contribution is -2.59. The van der Waals surface area contributed by atoms with Crippen LogP contribution in [0.1, 0.15) is 18.4 Å². The largest absolute Gasteiger partial charge is 0.365 e. The second-order valence-electron chi connectivity index (χ2n) is 6.60. The normalized spacial score (nSPS) is 26.2. The van der Waals surface area contributed by atoms with E-state index in [1.54, 1.807) is 7.05 Å². The Bertz CT molecular complexity index is 546. The molecule has 2 fully saturated rings. The van der Waals surface area contributed by atoms with Crippen LogP contribution in [0.2, 0.25) is 5.02 Å². The molecule has 2 aliphatic rings. The number of carbonyl (C=O) groups excluding carboxylic acids is 1. The molecule has 2 N–H and O–H groups in total. The van der Waals surface area contributed by atoms with Crippen molar-refractivity contribution in [2.75, 3.05) is 33.3 Å². The summed E-state index contributed by atoms with van der Waals surface area (Å²) in [5, 5.41) is 6.89. The molecular weight excluding hydrogens is 326 g/mol. The van der Waals surface area contributed by atoms with E-state index in [4.69, 9.17) is 16.3 Å². The lowest BCUT2D eigenvalue weighted by atomic mass is 9.97. The number of hydrogen-bond acceptors (Lipinski definition) is 4. The van der Waals surface area contributed by atoms with Crippen molar-refractivity contribution in [1.29, 1.82) is 0 Å². The quantitative estimate of drug-likeness (QED) is 0.862. The number of benzene rings is 1. The van der Waals surface area contributed by atoms with Crippen molar-refractivity contribution >= 4 is 17.5 Å². The maximum atomic E-state index is 12.0. The maximum Gasteiger partial charge on any atom is 0.250 e. The van der Waals surface area contributed by atoms with Crippen LogP contribution in [-0.2, 0) is 16.0 Å². The van der Waals surface area contributed by atoms with Gasteiger partial charge in [-0.25, -0.2) is 0 Å². The first kappa shape index (κ1) is 17.7. The molecular formula is C18H26ClN3O2. The van der Waals surface area contributed by atoms with Crippen molar-refractivity contribution in [3.8, 4) is 0 Å². The first-order valence-electron chi connectivity index (χ1n) is 8.71. The van der Waals surface area contributed by atoms with Gasteiger partial charge in [0.05, 0.1) is 6.61 Å². The fourth-order valence-electron chi connectivity index (χ4n) is 3.69. The van der Waals surface area contributed by atoms with Crippen LogP contribution in [0.5, 0.6) is 0 Å². The van der Waals surface area contributed by atoms with Crippen molar-refractivity contribution in [2.45, 2.75) is 37.5 Å². The van der Waals surface area contributed by atoms with Gasteiger partial charge in [0, 0.05) is 30.7 Å². The topological polar surface area (TPSA) is 53.6 Å². The van der Waals surface area contributed by atoms with Gasteiger partial charge in [-0.1, -0.05) is 23.7 Å². The van der Waals surface area contributed by atoms with E-state index >= 15 is 0 Å². The molecule has 1 aromatic carbocycles. The Morgan fingerprint density at radius 1 is 1.33 bits per heavy atom. The van der Waals surface area contributed by atoms with Crippen molar-refractivity contribution < 1.29 is 9.53 Å². The van der Waals surface area contributed by atoms with Gasteiger partial charge in [0.2, 0.25) is 5.91 Å². The predicted molar refractivity (Wildman–Crippen MR) is 95.3 cm³/mol. The average Bonchev–Trinajstić information content (AvgIpc) is 2.64. The summed E-state index contributed by atoms with van der Waals surface area (Å²) in [6.07, 6.45) is 2.79. The molecule has 0 saturated carbocycles. The number of ether oxygens (including phenoxy) is 1. The minimum atomic E-state index is -0.369. The van der Waals surface area contributed by atoms with Gasteiger partial charge in [-0.2, -0.15) is 0 Å². The summed E-state index contributed by atoms with van der Waals surface area (Å²) in [6, 6.07) is 8.84. The molecule has 1 amide bonds. The number of nitrogens with zero attached hydrogens (tertiary/aromatic N) is 1. The van der Waals surface area contributed by atoms with Crippen molar-refractivity contribution in [3.05, 3.63) is 34.9 Å². The van der Waals surface area contributed by atoms with E-state index in [2.05, 4.69) is 27.7 Å². The lowest BCUT2D eigenvalue weighted by molar-refractivity contribution is -0.144. The van der Waals surface area contributed by atoms with Crippen LogP contribution >= 0.6 is 11.6 Å². The van der Waals surface area contributed by atoms with Crippen LogP contribution in [0.3, 0.4) is 0 Å². The van der Waals surface area contributed by atoms with Gasteiger partial charge in [0.15, 0.2) is 0 Å². The van der Waals surface area contributed by atoms with Crippen LogP contribution in [0.25, 0.3) is 0 Å². The molecule has 0 spiro atoms. The molecule has 0 bridgehead atoms. The first-order chi connectivity index (χ1) is 11.7. The van der Waals surface area contributed by atoms with Crippen molar-refractivity contribution in [2.24, 2.45) is 0 Å². The summed E-state index contributed by atoms with van der Waals surface area (Å²) < 4.78 is 5.86. The molecule has 2 heterocycles. The van der Waals surface area contributed by atoms with Gasteiger partial charge in [-0.3, -0.25) is 9.69 Å². The number of carbonyl (C=O) groups is 1. The summed E-state index contributed by atoms with van der Waals surface area (Å²) in [5.74, 6) is -0.0288. The fraction of sp³-hybridized carbons (Fsp3) is 0.611.